The molecule has 1 amide bonds. The van der Waals surface area contributed by atoms with Gasteiger partial charge in [-0.2, -0.15) is 0 Å². The van der Waals surface area contributed by atoms with Crippen molar-refractivity contribution in [3.05, 3.63) is 52.5 Å². The number of thiazole rings is 1. The lowest BCUT2D eigenvalue weighted by Crippen LogP contribution is -2.33. The molecule has 0 saturated heterocycles. The van der Waals surface area contributed by atoms with E-state index in [9.17, 15) is 4.79 Å². The predicted octanol–water partition coefficient (Wildman–Crippen LogP) is 3.20. The van der Waals surface area contributed by atoms with Crippen LogP contribution in [0.3, 0.4) is 0 Å². The molecule has 1 heterocycles. The van der Waals surface area contributed by atoms with E-state index in [1.807, 2.05) is 37.4 Å². The minimum absolute atomic E-state index is 0.0155. The van der Waals surface area contributed by atoms with Crippen molar-refractivity contribution in [1.29, 1.82) is 0 Å². The van der Waals surface area contributed by atoms with Crippen molar-refractivity contribution >= 4 is 17.2 Å². The van der Waals surface area contributed by atoms with Crippen molar-refractivity contribution in [2.24, 2.45) is 5.92 Å². The monoisotopic (exact) mass is 274 g/mol. The molecule has 1 aromatic heterocycles. The van der Waals surface area contributed by atoms with Crippen LogP contribution in [0.1, 0.15) is 30.5 Å². The summed E-state index contributed by atoms with van der Waals surface area (Å²) in [6.45, 7) is 3.80. The lowest BCUT2D eigenvalue weighted by Gasteiger charge is -2.18. The number of nitrogens with one attached hydrogen (secondary N) is 1. The first-order chi connectivity index (χ1) is 9.16. The number of aromatic nitrogens is 1. The molecule has 2 rings (SSSR count). The summed E-state index contributed by atoms with van der Waals surface area (Å²) in [5, 5.41) is 5.97. The van der Waals surface area contributed by atoms with Gasteiger partial charge in [0, 0.05) is 17.5 Å². The van der Waals surface area contributed by atoms with Crippen LogP contribution in [0, 0.1) is 5.92 Å². The Kier molecular flexibility index (Phi) is 4.68. The number of benzene rings is 1. The summed E-state index contributed by atoms with van der Waals surface area (Å²) in [6.07, 6.45) is 2.55. The Hall–Kier alpha value is -1.68. The molecule has 1 atom stereocenters. The number of carbonyl (C=O) groups excluding carboxylic acids is 1. The van der Waals surface area contributed by atoms with E-state index in [1.165, 1.54) is 5.56 Å². The van der Waals surface area contributed by atoms with Crippen molar-refractivity contribution in [1.82, 2.24) is 10.3 Å². The average Bonchev–Trinajstić information content (AvgIpc) is 2.92. The molecule has 1 aromatic carbocycles. The fourth-order valence-electron chi connectivity index (χ4n) is 1.79. The van der Waals surface area contributed by atoms with E-state index < -0.39 is 0 Å². The van der Waals surface area contributed by atoms with Gasteiger partial charge in [-0.25, -0.2) is 4.98 Å². The molecule has 100 valence electrons. The first-order valence-electron chi connectivity index (χ1n) is 6.40. The smallest absolute Gasteiger partial charge is 0.223 e. The Morgan fingerprint density at radius 2 is 2.05 bits per heavy atom. The van der Waals surface area contributed by atoms with Crippen molar-refractivity contribution < 1.29 is 4.79 Å². The van der Waals surface area contributed by atoms with Gasteiger partial charge in [0.25, 0.3) is 0 Å². The Balaban J connectivity index is 2.13. The quantitative estimate of drug-likeness (QED) is 0.909. The van der Waals surface area contributed by atoms with E-state index in [1.54, 1.807) is 17.5 Å². The van der Waals surface area contributed by atoms with Gasteiger partial charge in [0.05, 0.1) is 6.04 Å². The first kappa shape index (κ1) is 13.7. The number of amides is 1. The molecule has 1 unspecified atom stereocenters. The third kappa shape index (κ3) is 3.89. The van der Waals surface area contributed by atoms with Gasteiger partial charge in [0.2, 0.25) is 5.91 Å². The topological polar surface area (TPSA) is 42.0 Å². The van der Waals surface area contributed by atoms with Crippen molar-refractivity contribution in [3.63, 3.8) is 0 Å². The highest BCUT2D eigenvalue weighted by Crippen LogP contribution is 2.21. The van der Waals surface area contributed by atoms with Gasteiger partial charge in [-0.1, -0.05) is 44.2 Å². The molecule has 4 heteroatoms. The number of rotatable bonds is 5. The van der Waals surface area contributed by atoms with Gasteiger partial charge in [0.15, 0.2) is 0 Å². The van der Waals surface area contributed by atoms with Crippen molar-refractivity contribution in [3.8, 4) is 0 Å². The van der Waals surface area contributed by atoms with Gasteiger partial charge >= 0.3 is 0 Å². The molecule has 0 aliphatic heterocycles. The third-order valence-corrected chi connectivity index (χ3v) is 3.76. The normalized spacial score (nSPS) is 12.4. The zero-order valence-electron chi connectivity index (χ0n) is 11.2. The van der Waals surface area contributed by atoms with Gasteiger partial charge in [-0.15, -0.1) is 11.3 Å². The molecule has 0 radical (unpaired) electrons. The van der Waals surface area contributed by atoms with Gasteiger partial charge in [-0.3, -0.25) is 4.79 Å². The maximum atomic E-state index is 11.9. The molecule has 0 bridgehead atoms. The second kappa shape index (κ2) is 6.48. The number of hydrogen-bond donors (Lipinski definition) is 1. The summed E-state index contributed by atoms with van der Waals surface area (Å²) in [4.78, 5) is 16.2. The molecule has 19 heavy (non-hydrogen) atoms. The van der Waals surface area contributed by atoms with E-state index in [2.05, 4.69) is 22.4 Å². The fraction of sp³-hybridized carbons (Fsp3) is 0.333. The molecule has 3 nitrogen and oxygen atoms in total. The highest BCUT2D eigenvalue weighted by molar-refractivity contribution is 7.09. The molecule has 0 aliphatic carbocycles. The molecule has 0 aliphatic rings. The van der Waals surface area contributed by atoms with E-state index in [0.717, 1.165) is 11.4 Å². The van der Waals surface area contributed by atoms with E-state index in [4.69, 9.17) is 0 Å². The molecule has 0 fully saturated rings. The van der Waals surface area contributed by atoms with E-state index in [0.29, 0.717) is 0 Å². The van der Waals surface area contributed by atoms with Crippen LogP contribution in [0.4, 0.5) is 0 Å². The van der Waals surface area contributed by atoms with Crippen LogP contribution in [0.5, 0.6) is 0 Å². The Morgan fingerprint density at radius 1 is 1.32 bits per heavy atom. The Bertz CT molecular complexity index is 508. The molecule has 0 saturated carbocycles. The molecule has 0 spiro atoms. The summed E-state index contributed by atoms with van der Waals surface area (Å²) in [7, 11) is 0. The van der Waals surface area contributed by atoms with Crippen LogP contribution in [0.2, 0.25) is 0 Å². The zero-order valence-corrected chi connectivity index (χ0v) is 12.0. The minimum Gasteiger partial charge on any atom is -0.346 e. The summed E-state index contributed by atoms with van der Waals surface area (Å²) in [6, 6.07) is 10.1. The lowest BCUT2D eigenvalue weighted by molar-refractivity contribution is -0.124. The second-order valence-corrected chi connectivity index (χ2v) is 5.70. The maximum absolute atomic E-state index is 11.9. The number of nitrogens with zero attached hydrogens (tertiary/aromatic N) is 1. The number of carbonyl (C=O) groups is 1. The first-order valence-corrected chi connectivity index (χ1v) is 7.28. The van der Waals surface area contributed by atoms with Crippen LogP contribution in [0.25, 0.3) is 0 Å². The van der Waals surface area contributed by atoms with Crippen molar-refractivity contribution in [2.45, 2.75) is 26.3 Å². The highest BCUT2D eigenvalue weighted by Gasteiger charge is 2.19. The van der Waals surface area contributed by atoms with Crippen LogP contribution in [-0.2, 0) is 11.2 Å². The third-order valence-electron chi connectivity index (χ3n) is 2.87. The maximum Gasteiger partial charge on any atom is 0.223 e. The Labute approximate surface area is 117 Å². The van der Waals surface area contributed by atoms with E-state index in [-0.39, 0.29) is 17.9 Å². The van der Waals surface area contributed by atoms with E-state index >= 15 is 0 Å². The van der Waals surface area contributed by atoms with Gasteiger partial charge in [0.1, 0.15) is 5.01 Å². The van der Waals surface area contributed by atoms with Gasteiger partial charge < -0.3 is 5.32 Å². The average molecular weight is 274 g/mol. The molecular weight excluding hydrogens is 256 g/mol. The minimum atomic E-state index is -0.0442. The molecule has 1 N–H and O–H groups in total. The SMILES string of the molecule is CC(C)C(=O)NC(Cc1ccccc1)c1nccs1. The fourth-order valence-corrected chi connectivity index (χ4v) is 2.48. The Morgan fingerprint density at radius 3 is 2.63 bits per heavy atom. The number of hydrogen-bond acceptors (Lipinski definition) is 3. The van der Waals surface area contributed by atoms with Crippen molar-refractivity contribution in [2.75, 3.05) is 0 Å². The van der Waals surface area contributed by atoms with Gasteiger partial charge in [-0.05, 0) is 12.0 Å². The summed E-state index contributed by atoms with van der Waals surface area (Å²) < 4.78 is 0. The molecule has 2 aromatic rings. The van der Waals surface area contributed by atoms with Crippen LogP contribution >= 0.6 is 11.3 Å². The predicted molar refractivity (Wildman–Crippen MR) is 78.0 cm³/mol. The summed E-state index contributed by atoms with van der Waals surface area (Å²) >= 11 is 1.58. The second-order valence-electron chi connectivity index (χ2n) is 4.78. The molecular formula is C15H18N2OS. The highest BCUT2D eigenvalue weighted by atomic mass is 32.1. The van der Waals surface area contributed by atoms with Crippen LogP contribution in [0.15, 0.2) is 41.9 Å². The standard InChI is InChI=1S/C15H18N2OS/c1-11(2)14(18)17-13(15-16-8-9-19-15)10-12-6-4-3-5-7-12/h3-9,11,13H,10H2,1-2H3,(H,17,18). The zero-order chi connectivity index (χ0) is 13.7. The van der Waals surface area contributed by atoms with Crippen LogP contribution in [-0.4, -0.2) is 10.9 Å². The lowest BCUT2D eigenvalue weighted by atomic mass is 10.1. The largest absolute Gasteiger partial charge is 0.346 e. The summed E-state index contributed by atoms with van der Waals surface area (Å²) in [5.74, 6) is 0.0503. The van der Waals surface area contributed by atoms with Crippen LogP contribution < -0.4 is 5.32 Å². The summed E-state index contributed by atoms with van der Waals surface area (Å²) in [5.41, 5.74) is 1.20.